The summed E-state index contributed by atoms with van der Waals surface area (Å²) in [6.45, 7) is 0.788. The van der Waals surface area contributed by atoms with Gasteiger partial charge in [-0.3, -0.25) is 9.59 Å². The Morgan fingerprint density at radius 1 is 1.24 bits per heavy atom. The van der Waals surface area contributed by atoms with Crippen molar-refractivity contribution in [3.05, 3.63) is 35.6 Å². The van der Waals surface area contributed by atoms with Crippen molar-refractivity contribution in [3.8, 4) is 0 Å². The highest BCUT2D eigenvalue weighted by molar-refractivity contribution is 5.90. The van der Waals surface area contributed by atoms with Crippen LogP contribution in [-0.2, 0) is 15.0 Å². The standard InChI is InChI=1S/C16H18FNO3/c17-13-4-2-12(3-5-13)16(7-1-8-16)15(21)18-9-6-11(10-18)14(19)20/h2-5,11H,1,6-10H2,(H,19,20). The second-order valence-corrected chi connectivity index (χ2v) is 6.02. The maximum atomic E-state index is 13.1. The number of likely N-dealkylation sites (tertiary alicyclic amines) is 1. The first-order valence-corrected chi connectivity index (χ1v) is 7.31. The quantitative estimate of drug-likeness (QED) is 0.928. The minimum atomic E-state index is -0.838. The van der Waals surface area contributed by atoms with E-state index in [4.69, 9.17) is 5.11 Å². The number of carbonyl (C=O) groups excluding carboxylic acids is 1. The zero-order valence-electron chi connectivity index (χ0n) is 11.7. The number of nitrogens with zero attached hydrogens (tertiary/aromatic N) is 1. The fourth-order valence-corrected chi connectivity index (χ4v) is 3.37. The lowest BCUT2D eigenvalue weighted by atomic mass is 9.63. The van der Waals surface area contributed by atoms with Crippen molar-refractivity contribution in [1.29, 1.82) is 0 Å². The molecule has 2 aliphatic rings. The molecule has 1 atom stereocenters. The number of benzene rings is 1. The first-order valence-electron chi connectivity index (χ1n) is 7.31. The van der Waals surface area contributed by atoms with Gasteiger partial charge in [0.15, 0.2) is 0 Å². The Balaban J connectivity index is 1.81. The smallest absolute Gasteiger partial charge is 0.308 e. The van der Waals surface area contributed by atoms with Gasteiger partial charge >= 0.3 is 5.97 Å². The molecule has 1 saturated carbocycles. The predicted molar refractivity (Wildman–Crippen MR) is 74.3 cm³/mol. The summed E-state index contributed by atoms with van der Waals surface area (Å²) in [5.74, 6) is -1.61. The lowest BCUT2D eigenvalue weighted by Gasteiger charge is -2.43. The van der Waals surface area contributed by atoms with Crippen molar-refractivity contribution < 1.29 is 19.1 Å². The molecule has 1 heterocycles. The summed E-state index contributed by atoms with van der Waals surface area (Å²) in [6.07, 6.45) is 3.00. The van der Waals surface area contributed by atoms with Gasteiger partial charge in [-0.2, -0.15) is 0 Å². The number of rotatable bonds is 3. The largest absolute Gasteiger partial charge is 0.481 e. The zero-order valence-corrected chi connectivity index (χ0v) is 11.7. The minimum Gasteiger partial charge on any atom is -0.481 e. The lowest BCUT2D eigenvalue weighted by Crippen LogP contribution is -2.50. The number of hydrogen-bond acceptors (Lipinski definition) is 2. The van der Waals surface area contributed by atoms with Gasteiger partial charge in [0.2, 0.25) is 5.91 Å². The first kappa shape index (κ1) is 14.0. The van der Waals surface area contributed by atoms with Crippen LogP contribution >= 0.6 is 0 Å². The summed E-state index contributed by atoms with van der Waals surface area (Å²) >= 11 is 0. The molecule has 0 aromatic heterocycles. The molecule has 1 N–H and O–H groups in total. The highest BCUT2D eigenvalue weighted by atomic mass is 19.1. The van der Waals surface area contributed by atoms with Gasteiger partial charge in [-0.1, -0.05) is 18.6 Å². The van der Waals surface area contributed by atoms with E-state index in [-0.39, 0.29) is 18.3 Å². The third-order valence-corrected chi connectivity index (χ3v) is 4.84. The summed E-state index contributed by atoms with van der Waals surface area (Å²) in [7, 11) is 0. The molecule has 0 bridgehead atoms. The van der Waals surface area contributed by atoms with E-state index in [1.807, 2.05) is 0 Å². The van der Waals surface area contributed by atoms with Gasteiger partial charge in [0.1, 0.15) is 5.82 Å². The number of aliphatic carboxylic acids is 1. The second-order valence-electron chi connectivity index (χ2n) is 6.02. The van der Waals surface area contributed by atoms with Crippen molar-refractivity contribution in [2.75, 3.05) is 13.1 Å². The fourth-order valence-electron chi connectivity index (χ4n) is 3.37. The Morgan fingerprint density at radius 2 is 1.90 bits per heavy atom. The number of halogens is 1. The molecule has 4 nitrogen and oxygen atoms in total. The molecule has 0 radical (unpaired) electrons. The normalized spacial score (nSPS) is 23.7. The summed E-state index contributed by atoms with van der Waals surface area (Å²) < 4.78 is 13.1. The van der Waals surface area contributed by atoms with E-state index < -0.39 is 17.3 Å². The van der Waals surface area contributed by atoms with E-state index in [1.54, 1.807) is 17.0 Å². The molecule has 112 valence electrons. The van der Waals surface area contributed by atoms with Crippen LogP contribution in [0.3, 0.4) is 0 Å². The maximum Gasteiger partial charge on any atom is 0.308 e. The van der Waals surface area contributed by atoms with Gasteiger partial charge in [-0.25, -0.2) is 4.39 Å². The zero-order chi connectivity index (χ0) is 15.0. The Kier molecular flexibility index (Phi) is 3.43. The van der Waals surface area contributed by atoms with Gasteiger partial charge in [0, 0.05) is 13.1 Å². The van der Waals surface area contributed by atoms with Crippen LogP contribution in [0.4, 0.5) is 4.39 Å². The molecule has 1 aromatic rings. The number of hydrogen-bond donors (Lipinski definition) is 1. The van der Waals surface area contributed by atoms with Crippen LogP contribution in [0, 0.1) is 11.7 Å². The summed E-state index contributed by atoms with van der Waals surface area (Å²) in [5, 5.41) is 9.05. The van der Waals surface area contributed by atoms with Gasteiger partial charge < -0.3 is 10.0 Å². The highest BCUT2D eigenvalue weighted by Gasteiger charge is 2.49. The van der Waals surface area contributed by atoms with Crippen molar-refractivity contribution in [2.45, 2.75) is 31.1 Å². The highest BCUT2D eigenvalue weighted by Crippen LogP contribution is 2.45. The van der Waals surface area contributed by atoms with Crippen molar-refractivity contribution in [3.63, 3.8) is 0 Å². The molecule has 0 spiro atoms. The van der Waals surface area contributed by atoms with Gasteiger partial charge in [-0.15, -0.1) is 0 Å². The number of carboxylic acid groups (broad SMARTS) is 1. The van der Waals surface area contributed by atoms with Crippen LogP contribution in [0.25, 0.3) is 0 Å². The molecule has 1 amide bonds. The Morgan fingerprint density at radius 3 is 2.38 bits per heavy atom. The Labute approximate surface area is 122 Å². The average molecular weight is 291 g/mol. The first-order chi connectivity index (χ1) is 10.0. The third kappa shape index (κ3) is 2.30. The van der Waals surface area contributed by atoms with Gasteiger partial charge in [0.05, 0.1) is 11.3 Å². The summed E-state index contributed by atoms with van der Waals surface area (Å²) in [4.78, 5) is 25.5. The Bertz CT molecular complexity index is 565. The number of amides is 1. The van der Waals surface area contributed by atoms with Crippen LogP contribution in [0.15, 0.2) is 24.3 Å². The molecule has 1 saturated heterocycles. The maximum absolute atomic E-state index is 13.1. The molecule has 1 aliphatic heterocycles. The monoisotopic (exact) mass is 291 g/mol. The summed E-state index contributed by atoms with van der Waals surface area (Å²) in [6, 6.07) is 6.12. The summed E-state index contributed by atoms with van der Waals surface area (Å²) in [5.41, 5.74) is 0.278. The molecule has 21 heavy (non-hydrogen) atoms. The molecule has 3 rings (SSSR count). The van der Waals surface area contributed by atoms with Gasteiger partial charge in [-0.05, 0) is 37.0 Å². The van der Waals surface area contributed by atoms with E-state index in [0.717, 1.165) is 24.8 Å². The van der Waals surface area contributed by atoms with Crippen LogP contribution in [0.1, 0.15) is 31.2 Å². The molecule has 5 heteroatoms. The SMILES string of the molecule is O=C(O)C1CCN(C(=O)C2(c3ccc(F)cc3)CCC2)C1. The number of carboxylic acids is 1. The third-order valence-electron chi connectivity index (χ3n) is 4.84. The van der Waals surface area contributed by atoms with E-state index in [9.17, 15) is 14.0 Å². The van der Waals surface area contributed by atoms with Crippen LogP contribution in [0.2, 0.25) is 0 Å². The minimum absolute atomic E-state index is 0.00380. The fraction of sp³-hybridized carbons (Fsp3) is 0.500. The van der Waals surface area contributed by atoms with Crippen molar-refractivity contribution >= 4 is 11.9 Å². The average Bonchev–Trinajstić information content (AvgIpc) is 2.89. The molecule has 2 fully saturated rings. The van der Waals surface area contributed by atoms with Crippen LogP contribution in [0.5, 0.6) is 0 Å². The van der Waals surface area contributed by atoms with Gasteiger partial charge in [0.25, 0.3) is 0 Å². The molecular weight excluding hydrogens is 273 g/mol. The molecule has 1 unspecified atom stereocenters. The molecule has 1 aromatic carbocycles. The van der Waals surface area contributed by atoms with E-state index >= 15 is 0 Å². The lowest BCUT2D eigenvalue weighted by molar-refractivity contribution is -0.142. The Hall–Kier alpha value is -1.91. The van der Waals surface area contributed by atoms with Crippen molar-refractivity contribution in [2.24, 2.45) is 5.92 Å². The van der Waals surface area contributed by atoms with Crippen LogP contribution in [-0.4, -0.2) is 35.0 Å². The second kappa shape index (κ2) is 5.13. The van der Waals surface area contributed by atoms with E-state index in [1.165, 1.54) is 12.1 Å². The topological polar surface area (TPSA) is 57.6 Å². The number of carbonyl (C=O) groups is 2. The van der Waals surface area contributed by atoms with E-state index in [0.29, 0.717) is 13.0 Å². The van der Waals surface area contributed by atoms with E-state index in [2.05, 4.69) is 0 Å². The van der Waals surface area contributed by atoms with Crippen molar-refractivity contribution in [1.82, 2.24) is 4.90 Å². The molecule has 1 aliphatic carbocycles. The predicted octanol–water partition coefficient (Wildman–Crippen LogP) is 2.18. The molecular formula is C16H18FNO3. The van der Waals surface area contributed by atoms with Crippen LogP contribution < -0.4 is 0 Å².